The minimum absolute atomic E-state index is 0.401. The summed E-state index contributed by atoms with van der Waals surface area (Å²) in [5, 5.41) is 1.26. The van der Waals surface area contributed by atoms with Gasteiger partial charge in [-0.3, -0.25) is 4.90 Å². The van der Waals surface area contributed by atoms with Gasteiger partial charge in [0.25, 0.3) is 0 Å². The van der Waals surface area contributed by atoms with Gasteiger partial charge in [-0.1, -0.05) is 53.5 Å². The van der Waals surface area contributed by atoms with E-state index >= 15 is 0 Å². The third-order valence-electron chi connectivity index (χ3n) is 5.11. The summed E-state index contributed by atoms with van der Waals surface area (Å²) in [5.41, 5.74) is 4.14. The second-order valence-corrected chi connectivity index (χ2v) is 7.52. The maximum atomic E-state index is 6.24. The molecule has 0 aromatic heterocycles. The van der Waals surface area contributed by atoms with Gasteiger partial charge in [0.1, 0.15) is 0 Å². The van der Waals surface area contributed by atoms with E-state index in [2.05, 4.69) is 56.1 Å². The standard InChI is InChI=1S/C20H23Cl2N/c1-13(2)23(3)20-11-9-15(16-6-4-5-7-17(16)20)14-8-10-18(21)19(22)12-14/h4-8,10,12-13,15,20H,9,11H2,1-3H3/t15-,20-/m0/s1. The van der Waals surface area contributed by atoms with Crippen molar-refractivity contribution in [3.63, 3.8) is 0 Å². The molecule has 0 spiro atoms. The van der Waals surface area contributed by atoms with Gasteiger partial charge in [-0.05, 0) is 62.6 Å². The third-order valence-corrected chi connectivity index (χ3v) is 5.85. The van der Waals surface area contributed by atoms with Crippen molar-refractivity contribution in [1.29, 1.82) is 0 Å². The van der Waals surface area contributed by atoms with E-state index in [1.807, 2.05) is 12.1 Å². The Morgan fingerprint density at radius 3 is 2.30 bits per heavy atom. The quantitative estimate of drug-likeness (QED) is 0.629. The highest BCUT2D eigenvalue weighted by Gasteiger charge is 2.31. The number of nitrogens with zero attached hydrogens (tertiary/aromatic N) is 1. The summed E-state index contributed by atoms with van der Waals surface area (Å²) in [4.78, 5) is 2.48. The highest BCUT2D eigenvalue weighted by atomic mass is 35.5. The Bertz CT molecular complexity index is 696. The fourth-order valence-corrected chi connectivity index (χ4v) is 3.93. The van der Waals surface area contributed by atoms with Gasteiger partial charge in [0.05, 0.1) is 10.0 Å². The highest BCUT2D eigenvalue weighted by Crippen LogP contribution is 2.44. The minimum Gasteiger partial charge on any atom is -0.297 e. The van der Waals surface area contributed by atoms with E-state index < -0.39 is 0 Å². The zero-order valence-electron chi connectivity index (χ0n) is 13.9. The molecule has 0 aliphatic heterocycles. The minimum atomic E-state index is 0.401. The lowest BCUT2D eigenvalue weighted by molar-refractivity contribution is 0.175. The lowest BCUT2D eigenvalue weighted by Crippen LogP contribution is -2.34. The summed E-state index contributed by atoms with van der Waals surface area (Å²) in [6.07, 6.45) is 2.30. The smallest absolute Gasteiger partial charge is 0.0595 e. The SMILES string of the molecule is CC(C)N(C)[C@H]1CC[C@@H](c2ccc(Cl)c(Cl)c2)c2ccccc21. The Hall–Kier alpha value is -1.02. The molecule has 0 unspecified atom stereocenters. The maximum Gasteiger partial charge on any atom is 0.0595 e. The van der Waals surface area contributed by atoms with Crippen LogP contribution < -0.4 is 0 Å². The number of hydrogen-bond acceptors (Lipinski definition) is 1. The second kappa shape index (κ2) is 6.84. The van der Waals surface area contributed by atoms with Crippen molar-refractivity contribution in [2.24, 2.45) is 0 Å². The van der Waals surface area contributed by atoms with Crippen molar-refractivity contribution in [2.45, 2.75) is 44.7 Å². The molecule has 0 saturated carbocycles. The molecule has 0 heterocycles. The average molecular weight is 348 g/mol. The van der Waals surface area contributed by atoms with E-state index in [1.165, 1.54) is 16.7 Å². The fourth-order valence-electron chi connectivity index (χ4n) is 3.63. The van der Waals surface area contributed by atoms with Crippen molar-refractivity contribution in [3.05, 3.63) is 69.2 Å². The molecule has 0 saturated heterocycles. The van der Waals surface area contributed by atoms with Crippen molar-refractivity contribution in [2.75, 3.05) is 7.05 Å². The summed E-state index contributed by atoms with van der Waals surface area (Å²) >= 11 is 12.3. The normalized spacial score (nSPS) is 20.8. The summed E-state index contributed by atoms with van der Waals surface area (Å²) in [6, 6.07) is 15.9. The molecule has 0 radical (unpaired) electrons. The molecule has 0 amide bonds. The van der Waals surface area contributed by atoms with Crippen LogP contribution in [0.2, 0.25) is 10.0 Å². The van der Waals surface area contributed by atoms with Gasteiger partial charge in [0, 0.05) is 18.0 Å². The Balaban J connectivity index is 2.01. The molecule has 23 heavy (non-hydrogen) atoms. The molecular formula is C20H23Cl2N. The monoisotopic (exact) mass is 347 g/mol. The zero-order chi connectivity index (χ0) is 16.6. The van der Waals surface area contributed by atoms with Crippen molar-refractivity contribution in [1.82, 2.24) is 4.90 Å². The van der Waals surface area contributed by atoms with Crippen LogP contribution in [0, 0.1) is 0 Å². The van der Waals surface area contributed by atoms with Crippen molar-refractivity contribution < 1.29 is 0 Å². The van der Waals surface area contributed by atoms with E-state index in [0.717, 1.165) is 12.8 Å². The van der Waals surface area contributed by atoms with Crippen LogP contribution in [-0.4, -0.2) is 18.0 Å². The van der Waals surface area contributed by atoms with Gasteiger partial charge in [0.15, 0.2) is 0 Å². The van der Waals surface area contributed by atoms with Crippen LogP contribution in [-0.2, 0) is 0 Å². The molecule has 2 atom stereocenters. The predicted octanol–water partition coefficient (Wildman–Crippen LogP) is 6.30. The molecule has 0 bridgehead atoms. The van der Waals surface area contributed by atoms with E-state index in [1.54, 1.807) is 0 Å². The van der Waals surface area contributed by atoms with Gasteiger partial charge in [-0.15, -0.1) is 0 Å². The number of hydrogen-bond donors (Lipinski definition) is 0. The van der Waals surface area contributed by atoms with Gasteiger partial charge >= 0.3 is 0 Å². The number of halogens is 2. The Morgan fingerprint density at radius 1 is 0.957 bits per heavy atom. The third kappa shape index (κ3) is 3.28. The van der Waals surface area contributed by atoms with E-state index in [9.17, 15) is 0 Å². The second-order valence-electron chi connectivity index (χ2n) is 6.71. The molecule has 1 nitrogen and oxygen atoms in total. The van der Waals surface area contributed by atoms with Crippen LogP contribution in [0.25, 0.3) is 0 Å². The van der Waals surface area contributed by atoms with Crippen LogP contribution in [0.4, 0.5) is 0 Å². The topological polar surface area (TPSA) is 3.24 Å². The van der Waals surface area contributed by atoms with E-state index in [0.29, 0.717) is 28.0 Å². The Morgan fingerprint density at radius 2 is 1.65 bits per heavy atom. The van der Waals surface area contributed by atoms with Crippen LogP contribution in [0.1, 0.15) is 55.3 Å². The van der Waals surface area contributed by atoms with Gasteiger partial charge in [-0.25, -0.2) is 0 Å². The molecule has 3 heteroatoms. The van der Waals surface area contributed by atoms with Gasteiger partial charge < -0.3 is 0 Å². The summed E-state index contributed by atoms with van der Waals surface area (Å²) in [6.45, 7) is 4.52. The first-order chi connectivity index (χ1) is 11.0. The molecule has 0 fully saturated rings. The zero-order valence-corrected chi connectivity index (χ0v) is 15.4. The first-order valence-electron chi connectivity index (χ1n) is 8.24. The number of fused-ring (bicyclic) bond motifs is 1. The van der Waals surface area contributed by atoms with E-state index in [4.69, 9.17) is 23.2 Å². The Kier molecular flexibility index (Phi) is 5.01. The molecule has 0 N–H and O–H groups in total. The highest BCUT2D eigenvalue weighted by molar-refractivity contribution is 6.42. The lowest BCUT2D eigenvalue weighted by Gasteiger charge is -2.39. The lowest BCUT2D eigenvalue weighted by atomic mass is 9.76. The number of rotatable bonds is 3. The molecular weight excluding hydrogens is 325 g/mol. The first-order valence-corrected chi connectivity index (χ1v) is 9.00. The summed E-state index contributed by atoms with van der Waals surface area (Å²) in [7, 11) is 2.23. The van der Waals surface area contributed by atoms with Gasteiger partial charge in [0.2, 0.25) is 0 Å². The predicted molar refractivity (Wildman–Crippen MR) is 99.6 cm³/mol. The number of benzene rings is 2. The maximum absolute atomic E-state index is 6.24. The van der Waals surface area contributed by atoms with Crippen molar-refractivity contribution >= 4 is 23.2 Å². The summed E-state index contributed by atoms with van der Waals surface area (Å²) in [5.74, 6) is 0.401. The van der Waals surface area contributed by atoms with E-state index in [-0.39, 0.29) is 0 Å². The van der Waals surface area contributed by atoms with Gasteiger partial charge in [-0.2, -0.15) is 0 Å². The fraction of sp³-hybridized carbons (Fsp3) is 0.400. The first kappa shape index (κ1) is 16.8. The Labute approximate surface area is 149 Å². The molecule has 2 aromatic rings. The van der Waals surface area contributed by atoms with Crippen LogP contribution in [0.15, 0.2) is 42.5 Å². The molecule has 1 aliphatic rings. The largest absolute Gasteiger partial charge is 0.297 e. The van der Waals surface area contributed by atoms with Crippen LogP contribution >= 0.6 is 23.2 Å². The van der Waals surface area contributed by atoms with Crippen LogP contribution in [0.3, 0.4) is 0 Å². The molecule has 1 aliphatic carbocycles. The molecule has 2 aromatic carbocycles. The summed E-state index contributed by atoms with van der Waals surface area (Å²) < 4.78 is 0. The van der Waals surface area contributed by atoms with Crippen molar-refractivity contribution in [3.8, 4) is 0 Å². The average Bonchev–Trinajstić information content (AvgIpc) is 2.55. The molecule has 3 rings (SSSR count). The van der Waals surface area contributed by atoms with Crippen LogP contribution in [0.5, 0.6) is 0 Å². The molecule has 122 valence electrons.